The number of halogens is 1. The molecule has 0 unspecified atom stereocenters. The maximum absolute atomic E-state index is 5.49. The molecule has 1 aromatic rings. The lowest BCUT2D eigenvalue weighted by Gasteiger charge is -2.24. The number of nitrogens with one attached hydrogen (secondary N) is 1. The van der Waals surface area contributed by atoms with Gasteiger partial charge in [-0.15, -0.1) is 12.4 Å². The van der Waals surface area contributed by atoms with E-state index >= 15 is 0 Å². The van der Waals surface area contributed by atoms with Crippen LogP contribution >= 0.6 is 12.4 Å². The molecule has 0 radical (unpaired) electrons. The van der Waals surface area contributed by atoms with Crippen molar-refractivity contribution in [3.63, 3.8) is 0 Å². The maximum atomic E-state index is 5.49. The molecule has 1 heterocycles. The van der Waals surface area contributed by atoms with Crippen LogP contribution in [0, 0.1) is 0 Å². The summed E-state index contributed by atoms with van der Waals surface area (Å²) in [6.07, 6.45) is 0. The van der Waals surface area contributed by atoms with Gasteiger partial charge < -0.3 is 19.5 Å². The van der Waals surface area contributed by atoms with Gasteiger partial charge in [-0.1, -0.05) is 6.07 Å². The number of ether oxygens (including phenoxy) is 3. The van der Waals surface area contributed by atoms with E-state index in [2.05, 4.69) is 11.4 Å². The van der Waals surface area contributed by atoms with E-state index in [-0.39, 0.29) is 18.4 Å². The highest BCUT2D eigenvalue weighted by atomic mass is 35.5. The molecule has 1 atom stereocenters. The van der Waals surface area contributed by atoms with Gasteiger partial charge in [-0.25, -0.2) is 0 Å². The molecule has 1 aromatic carbocycles. The van der Waals surface area contributed by atoms with Crippen molar-refractivity contribution >= 4 is 12.4 Å². The molecule has 102 valence electrons. The Morgan fingerprint density at radius 1 is 1.39 bits per heavy atom. The Balaban J connectivity index is 0.00000162. The quantitative estimate of drug-likeness (QED) is 0.913. The minimum Gasteiger partial charge on any atom is -0.493 e. The topological polar surface area (TPSA) is 39.7 Å². The van der Waals surface area contributed by atoms with Crippen molar-refractivity contribution in [3.8, 4) is 11.5 Å². The van der Waals surface area contributed by atoms with Crippen LogP contribution in [0.3, 0.4) is 0 Å². The molecular formula is C13H20ClNO3. The van der Waals surface area contributed by atoms with Gasteiger partial charge in [0.25, 0.3) is 0 Å². The fraction of sp³-hybridized carbons (Fsp3) is 0.538. The van der Waals surface area contributed by atoms with E-state index in [1.54, 1.807) is 7.11 Å². The van der Waals surface area contributed by atoms with Crippen LogP contribution in [-0.2, 0) is 4.74 Å². The zero-order valence-electron chi connectivity index (χ0n) is 10.8. The molecule has 5 heteroatoms. The molecule has 0 saturated carbocycles. The van der Waals surface area contributed by atoms with Crippen LogP contribution in [0.2, 0.25) is 0 Å². The van der Waals surface area contributed by atoms with Crippen molar-refractivity contribution in [1.29, 1.82) is 0 Å². The molecule has 1 saturated heterocycles. The molecule has 1 aliphatic rings. The normalized spacial score (nSPS) is 18.9. The van der Waals surface area contributed by atoms with Gasteiger partial charge in [-0.3, -0.25) is 0 Å². The highest BCUT2D eigenvalue weighted by Crippen LogP contribution is 2.30. The number of rotatable bonds is 4. The molecule has 1 N–H and O–H groups in total. The van der Waals surface area contributed by atoms with Gasteiger partial charge in [-0.05, 0) is 24.6 Å². The van der Waals surface area contributed by atoms with Crippen molar-refractivity contribution in [1.82, 2.24) is 5.32 Å². The van der Waals surface area contributed by atoms with Gasteiger partial charge in [0.1, 0.15) is 0 Å². The van der Waals surface area contributed by atoms with Gasteiger partial charge in [0.2, 0.25) is 0 Å². The van der Waals surface area contributed by atoms with E-state index in [0.717, 1.165) is 24.7 Å². The van der Waals surface area contributed by atoms with Crippen LogP contribution in [-0.4, -0.2) is 33.5 Å². The molecule has 1 aliphatic heterocycles. The van der Waals surface area contributed by atoms with Crippen LogP contribution in [0.5, 0.6) is 11.5 Å². The molecule has 4 nitrogen and oxygen atoms in total. The Labute approximate surface area is 114 Å². The maximum Gasteiger partial charge on any atom is 0.161 e. The Morgan fingerprint density at radius 3 is 2.83 bits per heavy atom. The number of morpholine rings is 1. The lowest BCUT2D eigenvalue weighted by molar-refractivity contribution is 0.0768. The summed E-state index contributed by atoms with van der Waals surface area (Å²) in [5.41, 5.74) is 1.17. The number of methoxy groups -OCH3 is 1. The van der Waals surface area contributed by atoms with E-state index in [1.807, 2.05) is 19.1 Å². The standard InChI is InChI=1S/C13H19NO3.ClH/c1-3-17-12-5-4-10(8-13(12)15-2)11-9-16-7-6-14-11;/h4-5,8,11,14H,3,6-7,9H2,1-2H3;1H/t11-;/m1./s1. The molecular weight excluding hydrogens is 254 g/mol. The Morgan fingerprint density at radius 2 is 2.22 bits per heavy atom. The number of hydrogen-bond acceptors (Lipinski definition) is 4. The molecule has 0 amide bonds. The third-order valence-corrected chi connectivity index (χ3v) is 2.81. The lowest BCUT2D eigenvalue weighted by Crippen LogP contribution is -2.34. The molecule has 1 fully saturated rings. The van der Waals surface area contributed by atoms with E-state index in [1.165, 1.54) is 5.56 Å². The Kier molecular flexibility index (Phi) is 6.25. The average Bonchev–Trinajstić information content (AvgIpc) is 2.40. The highest BCUT2D eigenvalue weighted by Gasteiger charge is 2.17. The second-order valence-corrected chi connectivity index (χ2v) is 3.92. The van der Waals surface area contributed by atoms with Crippen molar-refractivity contribution in [3.05, 3.63) is 23.8 Å². The van der Waals surface area contributed by atoms with Crippen LogP contribution in [0.15, 0.2) is 18.2 Å². The monoisotopic (exact) mass is 273 g/mol. The van der Waals surface area contributed by atoms with E-state index in [9.17, 15) is 0 Å². The first-order valence-electron chi connectivity index (χ1n) is 5.97. The van der Waals surface area contributed by atoms with Crippen LogP contribution in [0.1, 0.15) is 18.5 Å². The second-order valence-electron chi connectivity index (χ2n) is 3.92. The summed E-state index contributed by atoms with van der Waals surface area (Å²) in [7, 11) is 1.66. The van der Waals surface area contributed by atoms with Crippen LogP contribution < -0.4 is 14.8 Å². The van der Waals surface area contributed by atoms with Crippen molar-refractivity contribution in [2.75, 3.05) is 33.5 Å². The summed E-state index contributed by atoms with van der Waals surface area (Å²) in [5.74, 6) is 1.56. The second kappa shape index (κ2) is 7.46. The predicted molar refractivity (Wildman–Crippen MR) is 73.0 cm³/mol. The lowest BCUT2D eigenvalue weighted by atomic mass is 10.1. The predicted octanol–water partition coefficient (Wildman–Crippen LogP) is 2.18. The highest BCUT2D eigenvalue weighted by molar-refractivity contribution is 5.85. The Hall–Kier alpha value is -0.970. The van der Waals surface area contributed by atoms with E-state index < -0.39 is 0 Å². The summed E-state index contributed by atoms with van der Waals surface area (Å²) >= 11 is 0. The molecule has 0 bridgehead atoms. The third kappa shape index (κ3) is 3.51. The van der Waals surface area contributed by atoms with Gasteiger partial charge in [0.15, 0.2) is 11.5 Å². The van der Waals surface area contributed by atoms with E-state index in [4.69, 9.17) is 14.2 Å². The van der Waals surface area contributed by atoms with Crippen molar-refractivity contribution in [2.24, 2.45) is 0 Å². The van der Waals surface area contributed by atoms with Gasteiger partial charge in [-0.2, -0.15) is 0 Å². The summed E-state index contributed by atoms with van der Waals surface area (Å²) in [4.78, 5) is 0. The fourth-order valence-electron chi connectivity index (χ4n) is 1.96. The minimum absolute atomic E-state index is 0. The summed E-state index contributed by atoms with van der Waals surface area (Å²) in [6.45, 7) is 4.98. The zero-order valence-corrected chi connectivity index (χ0v) is 11.6. The largest absolute Gasteiger partial charge is 0.493 e. The smallest absolute Gasteiger partial charge is 0.161 e. The van der Waals surface area contributed by atoms with Crippen molar-refractivity contribution in [2.45, 2.75) is 13.0 Å². The summed E-state index contributed by atoms with van der Waals surface area (Å²) in [6, 6.07) is 6.26. The molecule has 0 aromatic heterocycles. The van der Waals surface area contributed by atoms with Crippen molar-refractivity contribution < 1.29 is 14.2 Å². The molecule has 18 heavy (non-hydrogen) atoms. The van der Waals surface area contributed by atoms with Gasteiger partial charge in [0.05, 0.1) is 33.0 Å². The molecule has 2 rings (SSSR count). The molecule has 0 aliphatic carbocycles. The zero-order chi connectivity index (χ0) is 12.1. The number of hydrogen-bond donors (Lipinski definition) is 1. The third-order valence-electron chi connectivity index (χ3n) is 2.81. The summed E-state index contributed by atoms with van der Waals surface area (Å²) in [5, 5.41) is 3.42. The van der Waals surface area contributed by atoms with Gasteiger partial charge >= 0.3 is 0 Å². The van der Waals surface area contributed by atoms with Crippen LogP contribution in [0.25, 0.3) is 0 Å². The first-order chi connectivity index (χ1) is 8.35. The van der Waals surface area contributed by atoms with Crippen LogP contribution in [0.4, 0.5) is 0 Å². The Bertz CT molecular complexity index is 367. The fourth-order valence-corrected chi connectivity index (χ4v) is 1.96. The minimum atomic E-state index is 0. The SMILES string of the molecule is CCOc1ccc([C@H]2COCCN2)cc1OC.Cl. The number of benzene rings is 1. The first-order valence-corrected chi connectivity index (χ1v) is 5.97. The average molecular weight is 274 g/mol. The molecule has 0 spiro atoms. The van der Waals surface area contributed by atoms with E-state index in [0.29, 0.717) is 13.2 Å². The first kappa shape index (κ1) is 15.1. The van der Waals surface area contributed by atoms with Gasteiger partial charge in [0, 0.05) is 6.54 Å². The summed E-state index contributed by atoms with van der Waals surface area (Å²) < 4.78 is 16.3.